The van der Waals surface area contributed by atoms with Gasteiger partial charge in [-0.3, -0.25) is 10.1 Å². The van der Waals surface area contributed by atoms with Crippen molar-refractivity contribution in [2.45, 2.75) is 19.4 Å². The Morgan fingerprint density at radius 3 is 2.53 bits per heavy atom. The second-order valence-electron chi connectivity index (χ2n) is 4.21. The molecule has 1 rings (SSSR count). The lowest BCUT2D eigenvalue weighted by Crippen LogP contribution is -2.35. The van der Waals surface area contributed by atoms with Crippen LogP contribution in [0.15, 0.2) is 12.1 Å². The highest BCUT2D eigenvalue weighted by Gasteiger charge is 2.26. The number of nitro benzene ring substituents is 1. The monoisotopic (exact) mass is 246 g/mol. The molecule has 0 saturated heterocycles. The van der Waals surface area contributed by atoms with Gasteiger partial charge in [-0.25, -0.2) is 4.39 Å². The number of rotatable bonds is 4. The van der Waals surface area contributed by atoms with E-state index in [4.69, 9.17) is 5.11 Å². The van der Waals surface area contributed by atoms with E-state index >= 15 is 0 Å². The zero-order valence-corrected chi connectivity index (χ0v) is 9.33. The molecule has 1 aromatic carbocycles. The molecule has 5 nitrogen and oxygen atoms in total. The molecule has 0 bridgehead atoms. The van der Waals surface area contributed by atoms with Gasteiger partial charge in [0, 0.05) is 12.1 Å². The van der Waals surface area contributed by atoms with Gasteiger partial charge in [-0.05, 0) is 13.8 Å². The molecule has 0 aliphatic rings. The molecule has 0 aliphatic carbocycles. The van der Waals surface area contributed by atoms with Crippen LogP contribution >= 0.6 is 0 Å². The van der Waals surface area contributed by atoms with Gasteiger partial charge in [-0.2, -0.15) is 4.39 Å². The third-order valence-electron chi connectivity index (χ3n) is 2.08. The van der Waals surface area contributed by atoms with Crippen LogP contribution in [0.3, 0.4) is 0 Å². The summed E-state index contributed by atoms with van der Waals surface area (Å²) in [5, 5.41) is 22.2. The summed E-state index contributed by atoms with van der Waals surface area (Å²) in [4.78, 5) is 9.73. The van der Waals surface area contributed by atoms with E-state index in [1.165, 1.54) is 0 Å². The summed E-state index contributed by atoms with van der Waals surface area (Å²) < 4.78 is 26.2. The van der Waals surface area contributed by atoms with Crippen LogP contribution < -0.4 is 5.32 Å². The van der Waals surface area contributed by atoms with Crippen molar-refractivity contribution in [2.75, 3.05) is 11.9 Å². The summed E-state index contributed by atoms with van der Waals surface area (Å²) in [6.07, 6.45) is 0. The summed E-state index contributed by atoms with van der Waals surface area (Å²) in [5.74, 6) is -2.18. The molecule has 0 fully saturated rings. The molecule has 94 valence electrons. The molecular weight excluding hydrogens is 234 g/mol. The number of hydrogen-bond acceptors (Lipinski definition) is 4. The first kappa shape index (κ1) is 13.3. The summed E-state index contributed by atoms with van der Waals surface area (Å²) in [6, 6.07) is 1.26. The molecule has 0 saturated carbocycles. The largest absolute Gasteiger partial charge is 0.394 e. The van der Waals surface area contributed by atoms with Crippen LogP contribution in [0.5, 0.6) is 0 Å². The number of nitro groups is 1. The Balaban J connectivity index is 3.26. The number of nitrogens with one attached hydrogen (secondary N) is 1. The number of nitrogens with zero attached hydrogens (tertiary/aromatic N) is 1. The second-order valence-corrected chi connectivity index (χ2v) is 4.21. The van der Waals surface area contributed by atoms with Crippen LogP contribution in [-0.2, 0) is 0 Å². The Hall–Kier alpha value is -1.76. The first-order valence-corrected chi connectivity index (χ1v) is 4.79. The van der Waals surface area contributed by atoms with Crippen molar-refractivity contribution in [3.63, 3.8) is 0 Å². The lowest BCUT2D eigenvalue weighted by molar-refractivity contribution is -0.386. The standard InChI is InChI=1S/C10H12F2N2O3/c1-10(2,5-15)13-8-4-6(11)3-7(12)9(8)14(16)17/h3-4,13,15H,5H2,1-2H3. The average Bonchev–Trinajstić information content (AvgIpc) is 2.14. The Labute approximate surface area is 96.2 Å². The second kappa shape index (κ2) is 4.62. The van der Waals surface area contributed by atoms with Crippen molar-refractivity contribution in [3.05, 3.63) is 33.9 Å². The molecule has 0 amide bonds. The quantitative estimate of drug-likeness (QED) is 0.629. The number of benzene rings is 1. The molecular formula is C10H12F2N2O3. The maximum Gasteiger partial charge on any atom is 0.327 e. The van der Waals surface area contributed by atoms with Crippen molar-refractivity contribution < 1.29 is 18.8 Å². The van der Waals surface area contributed by atoms with Gasteiger partial charge in [0.1, 0.15) is 11.5 Å². The molecule has 17 heavy (non-hydrogen) atoms. The molecule has 1 aromatic rings. The van der Waals surface area contributed by atoms with Gasteiger partial charge in [0.2, 0.25) is 5.82 Å². The van der Waals surface area contributed by atoms with Gasteiger partial charge in [0.05, 0.1) is 17.1 Å². The van der Waals surface area contributed by atoms with Gasteiger partial charge in [0.15, 0.2) is 0 Å². The molecule has 0 radical (unpaired) electrons. The number of hydrogen-bond donors (Lipinski definition) is 2. The van der Waals surface area contributed by atoms with E-state index in [-0.39, 0.29) is 12.3 Å². The topological polar surface area (TPSA) is 75.4 Å². The highest BCUT2D eigenvalue weighted by molar-refractivity contribution is 5.63. The molecule has 0 aliphatic heterocycles. The lowest BCUT2D eigenvalue weighted by Gasteiger charge is -2.24. The Bertz CT molecular complexity index is 449. The van der Waals surface area contributed by atoms with Crippen LogP contribution in [0.2, 0.25) is 0 Å². The summed E-state index contributed by atoms with van der Waals surface area (Å²) in [6.45, 7) is 2.74. The summed E-state index contributed by atoms with van der Waals surface area (Å²) >= 11 is 0. The average molecular weight is 246 g/mol. The first-order valence-electron chi connectivity index (χ1n) is 4.79. The summed E-state index contributed by atoms with van der Waals surface area (Å²) in [5.41, 5.74) is -2.06. The zero-order valence-electron chi connectivity index (χ0n) is 9.33. The van der Waals surface area contributed by atoms with Crippen LogP contribution in [0.4, 0.5) is 20.2 Å². The van der Waals surface area contributed by atoms with E-state index < -0.39 is 27.8 Å². The van der Waals surface area contributed by atoms with Crippen LogP contribution in [0.25, 0.3) is 0 Å². The van der Waals surface area contributed by atoms with Crippen LogP contribution in [-0.4, -0.2) is 22.2 Å². The minimum Gasteiger partial charge on any atom is -0.394 e. The molecule has 0 atom stereocenters. The highest BCUT2D eigenvalue weighted by Crippen LogP contribution is 2.30. The molecule has 0 heterocycles. The number of anilines is 1. The van der Waals surface area contributed by atoms with Gasteiger partial charge >= 0.3 is 5.69 Å². The van der Waals surface area contributed by atoms with Gasteiger partial charge in [0.25, 0.3) is 0 Å². The van der Waals surface area contributed by atoms with Crippen LogP contribution in [0.1, 0.15) is 13.8 Å². The maximum atomic E-state index is 13.3. The van der Waals surface area contributed by atoms with E-state index in [2.05, 4.69) is 5.32 Å². The van der Waals surface area contributed by atoms with Crippen molar-refractivity contribution >= 4 is 11.4 Å². The summed E-state index contributed by atoms with van der Waals surface area (Å²) in [7, 11) is 0. The molecule has 0 aromatic heterocycles. The maximum absolute atomic E-state index is 13.3. The van der Waals surface area contributed by atoms with E-state index in [0.717, 1.165) is 6.07 Å². The van der Waals surface area contributed by atoms with E-state index in [0.29, 0.717) is 6.07 Å². The van der Waals surface area contributed by atoms with Crippen molar-refractivity contribution in [3.8, 4) is 0 Å². The fourth-order valence-electron chi connectivity index (χ4n) is 1.25. The lowest BCUT2D eigenvalue weighted by atomic mass is 10.1. The van der Waals surface area contributed by atoms with E-state index in [1.807, 2.05) is 0 Å². The Kier molecular flexibility index (Phi) is 3.62. The predicted octanol–water partition coefficient (Wildman–Crippen LogP) is 2.06. The number of halogens is 2. The van der Waals surface area contributed by atoms with Crippen LogP contribution in [0, 0.1) is 21.7 Å². The molecule has 0 unspecified atom stereocenters. The van der Waals surface area contributed by atoms with Gasteiger partial charge in [-0.1, -0.05) is 0 Å². The third-order valence-corrected chi connectivity index (χ3v) is 2.08. The van der Waals surface area contributed by atoms with E-state index in [1.54, 1.807) is 13.8 Å². The Morgan fingerprint density at radius 2 is 2.06 bits per heavy atom. The zero-order chi connectivity index (χ0) is 13.2. The highest BCUT2D eigenvalue weighted by atomic mass is 19.1. The third kappa shape index (κ3) is 3.10. The molecule has 7 heteroatoms. The van der Waals surface area contributed by atoms with Gasteiger partial charge < -0.3 is 10.4 Å². The normalized spacial score (nSPS) is 11.4. The van der Waals surface area contributed by atoms with E-state index in [9.17, 15) is 18.9 Å². The number of aliphatic hydroxyl groups excluding tert-OH is 1. The SMILES string of the molecule is CC(C)(CO)Nc1cc(F)cc(F)c1[N+](=O)[O-]. The molecule has 0 spiro atoms. The Morgan fingerprint density at radius 1 is 1.47 bits per heavy atom. The minimum absolute atomic E-state index is 0.299. The van der Waals surface area contributed by atoms with Crippen molar-refractivity contribution in [2.24, 2.45) is 0 Å². The molecule has 2 N–H and O–H groups in total. The van der Waals surface area contributed by atoms with Gasteiger partial charge in [-0.15, -0.1) is 0 Å². The predicted molar refractivity (Wildman–Crippen MR) is 57.8 cm³/mol. The van der Waals surface area contributed by atoms with Crippen molar-refractivity contribution in [1.29, 1.82) is 0 Å². The minimum atomic E-state index is -1.26. The smallest absolute Gasteiger partial charge is 0.327 e. The van der Waals surface area contributed by atoms with Crippen molar-refractivity contribution in [1.82, 2.24) is 0 Å². The fourth-order valence-corrected chi connectivity index (χ4v) is 1.25. The fraction of sp³-hybridized carbons (Fsp3) is 0.400. The number of aliphatic hydroxyl groups is 1. The first-order chi connectivity index (χ1) is 7.76.